The van der Waals surface area contributed by atoms with Crippen molar-refractivity contribution in [3.8, 4) is 5.75 Å². The van der Waals surface area contributed by atoms with Crippen LogP contribution in [0.4, 0.5) is 19.1 Å². The van der Waals surface area contributed by atoms with Crippen LogP contribution >= 0.6 is 0 Å². The maximum atomic E-state index is 12.1. The molecule has 0 radical (unpaired) electrons. The number of alkyl halides is 3. The minimum Gasteiger partial charge on any atom is -0.406 e. The number of halogens is 3. The topological polar surface area (TPSA) is 96.9 Å². The molecule has 0 aliphatic carbocycles. The fourth-order valence-electron chi connectivity index (χ4n) is 1.63. The molecule has 0 spiro atoms. The zero-order valence-electron chi connectivity index (χ0n) is 10.2. The third-order valence-electron chi connectivity index (χ3n) is 2.34. The van der Waals surface area contributed by atoms with E-state index >= 15 is 0 Å². The van der Waals surface area contributed by atoms with E-state index in [2.05, 4.69) is 20.0 Å². The Morgan fingerprint density at radius 1 is 1.35 bits per heavy atom. The number of guanidine groups is 1. The first kappa shape index (κ1) is 13.8. The van der Waals surface area contributed by atoms with Crippen LogP contribution in [0.5, 0.6) is 5.75 Å². The lowest BCUT2D eigenvalue weighted by atomic mass is 10.2. The van der Waals surface area contributed by atoms with Crippen molar-refractivity contribution < 1.29 is 17.9 Å². The number of fused-ring (bicyclic) bond motifs is 1. The number of rotatable bonds is 2. The van der Waals surface area contributed by atoms with Crippen LogP contribution in [0.1, 0.15) is 5.69 Å². The zero-order valence-corrected chi connectivity index (χ0v) is 10.2. The second-order valence-electron chi connectivity index (χ2n) is 3.90. The van der Waals surface area contributed by atoms with Gasteiger partial charge in [-0.25, -0.2) is 9.97 Å². The number of nitrogens with two attached hydrogens (primary N) is 1. The lowest BCUT2D eigenvalue weighted by Crippen LogP contribution is -2.22. The van der Waals surface area contributed by atoms with Gasteiger partial charge in [-0.2, -0.15) is 0 Å². The summed E-state index contributed by atoms with van der Waals surface area (Å²) in [4.78, 5) is 8.03. The van der Waals surface area contributed by atoms with Crippen LogP contribution in [0.15, 0.2) is 18.2 Å². The SMILES string of the molecule is Cc1nc(NC(=N)N)nc2ccc(OC(F)(F)F)cc12. The maximum Gasteiger partial charge on any atom is 0.573 e. The van der Waals surface area contributed by atoms with E-state index in [0.717, 1.165) is 6.07 Å². The van der Waals surface area contributed by atoms with Gasteiger partial charge in [-0.05, 0) is 25.1 Å². The highest BCUT2D eigenvalue weighted by atomic mass is 19.4. The number of anilines is 1. The van der Waals surface area contributed by atoms with Crippen molar-refractivity contribution in [2.45, 2.75) is 13.3 Å². The van der Waals surface area contributed by atoms with Crippen LogP contribution in [-0.4, -0.2) is 22.3 Å². The summed E-state index contributed by atoms with van der Waals surface area (Å²) in [5, 5.41) is 9.92. The molecule has 1 aromatic carbocycles. The number of hydrogen-bond donors (Lipinski definition) is 3. The molecule has 0 unspecified atom stereocenters. The van der Waals surface area contributed by atoms with Gasteiger partial charge in [0.15, 0.2) is 5.96 Å². The first-order valence-electron chi connectivity index (χ1n) is 5.40. The van der Waals surface area contributed by atoms with Gasteiger partial charge < -0.3 is 10.5 Å². The van der Waals surface area contributed by atoms with Crippen molar-refractivity contribution in [3.05, 3.63) is 23.9 Å². The second-order valence-corrected chi connectivity index (χ2v) is 3.90. The molecule has 2 aromatic rings. The van der Waals surface area contributed by atoms with E-state index in [1.54, 1.807) is 6.92 Å². The number of nitrogens with zero attached hydrogens (tertiary/aromatic N) is 2. The van der Waals surface area contributed by atoms with Gasteiger partial charge in [-0.1, -0.05) is 0 Å². The number of ether oxygens (including phenoxy) is 1. The summed E-state index contributed by atoms with van der Waals surface area (Å²) in [5.74, 6) is -0.572. The van der Waals surface area contributed by atoms with Crippen molar-refractivity contribution in [3.63, 3.8) is 0 Å². The molecule has 0 saturated carbocycles. The van der Waals surface area contributed by atoms with Crippen molar-refractivity contribution in [2.24, 2.45) is 5.73 Å². The summed E-state index contributed by atoms with van der Waals surface area (Å²) in [7, 11) is 0. The number of aromatic nitrogens is 2. The van der Waals surface area contributed by atoms with E-state index in [0.29, 0.717) is 16.6 Å². The monoisotopic (exact) mass is 285 g/mol. The van der Waals surface area contributed by atoms with E-state index < -0.39 is 6.36 Å². The van der Waals surface area contributed by atoms with E-state index in [1.165, 1.54) is 12.1 Å². The van der Waals surface area contributed by atoms with Gasteiger partial charge in [0.1, 0.15) is 5.75 Å². The van der Waals surface area contributed by atoms with Gasteiger partial charge in [-0.15, -0.1) is 13.2 Å². The molecule has 20 heavy (non-hydrogen) atoms. The normalized spacial score (nSPS) is 11.4. The van der Waals surface area contributed by atoms with Crippen LogP contribution in [0.3, 0.4) is 0 Å². The number of hydrogen-bond acceptors (Lipinski definition) is 4. The summed E-state index contributed by atoms with van der Waals surface area (Å²) in [6.07, 6.45) is -4.75. The molecule has 1 aromatic heterocycles. The molecule has 0 amide bonds. The Morgan fingerprint density at radius 3 is 2.65 bits per heavy atom. The van der Waals surface area contributed by atoms with Gasteiger partial charge in [-0.3, -0.25) is 10.7 Å². The molecule has 0 fully saturated rings. The Hall–Kier alpha value is -2.58. The molecule has 0 saturated heterocycles. The zero-order chi connectivity index (χ0) is 14.9. The minimum absolute atomic E-state index is 0.104. The van der Waals surface area contributed by atoms with Crippen LogP contribution in [0, 0.1) is 12.3 Å². The molecule has 2 rings (SSSR count). The second kappa shape index (κ2) is 4.83. The quantitative estimate of drug-likeness (QED) is 0.580. The Kier molecular flexibility index (Phi) is 3.35. The number of nitrogens with one attached hydrogen (secondary N) is 2. The van der Waals surface area contributed by atoms with Crippen LogP contribution in [0.2, 0.25) is 0 Å². The predicted octanol–water partition coefficient (Wildman–Crippen LogP) is 2.14. The Bertz CT molecular complexity index is 671. The lowest BCUT2D eigenvalue weighted by molar-refractivity contribution is -0.274. The molecule has 6 nitrogen and oxygen atoms in total. The molecule has 9 heteroatoms. The van der Waals surface area contributed by atoms with Crippen LogP contribution in [0.25, 0.3) is 10.9 Å². The van der Waals surface area contributed by atoms with Gasteiger partial charge in [0.25, 0.3) is 0 Å². The van der Waals surface area contributed by atoms with Crippen molar-refractivity contribution >= 4 is 22.8 Å². The van der Waals surface area contributed by atoms with E-state index in [9.17, 15) is 13.2 Å². The van der Waals surface area contributed by atoms with Crippen molar-refractivity contribution in [1.82, 2.24) is 9.97 Å². The summed E-state index contributed by atoms with van der Waals surface area (Å²) >= 11 is 0. The third kappa shape index (κ3) is 3.25. The van der Waals surface area contributed by atoms with Gasteiger partial charge in [0.2, 0.25) is 5.95 Å². The Morgan fingerprint density at radius 2 is 2.05 bits per heavy atom. The summed E-state index contributed by atoms with van der Waals surface area (Å²) in [5.41, 5.74) is 6.01. The van der Waals surface area contributed by atoms with Crippen LogP contribution < -0.4 is 15.8 Å². The fourth-order valence-corrected chi connectivity index (χ4v) is 1.63. The van der Waals surface area contributed by atoms with Crippen molar-refractivity contribution in [1.29, 1.82) is 5.41 Å². The molecule has 0 atom stereocenters. The highest BCUT2D eigenvalue weighted by Gasteiger charge is 2.31. The number of aryl methyl sites for hydroxylation is 1. The first-order chi connectivity index (χ1) is 9.24. The standard InChI is InChI=1S/C11H10F3N5O/c1-5-7-4-6(20-11(12,13)14)2-3-8(7)18-10(17-5)19-9(15)16/h2-4H,1H3,(H4,15,16,17,18,19). The molecular formula is C11H10F3N5O. The van der Waals surface area contributed by atoms with Gasteiger partial charge in [0, 0.05) is 5.39 Å². The summed E-state index contributed by atoms with van der Waals surface area (Å²) < 4.78 is 40.3. The van der Waals surface area contributed by atoms with E-state index in [-0.39, 0.29) is 17.7 Å². The predicted molar refractivity (Wildman–Crippen MR) is 66.5 cm³/mol. The molecule has 0 aliphatic heterocycles. The molecule has 1 heterocycles. The average Bonchev–Trinajstić information content (AvgIpc) is 2.27. The first-order valence-corrected chi connectivity index (χ1v) is 5.40. The Balaban J connectivity index is 2.44. The summed E-state index contributed by atoms with van der Waals surface area (Å²) in [6.45, 7) is 1.60. The third-order valence-corrected chi connectivity index (χ3v) is 2.34. The lowest BCUT2D eigenvalue weighted by Gasteiger charge is -2.11. The van der Waals surface area contributed by atoms with E-state index in [1.807, 2.05) is 0 Å². The Labute approximate surface area is 111 Å². The van der Waals surface area contributed by atoms with Crippen molar-refractivity contribution in [2.75, 3.05) is 5.32 Å². The maximum absolute atomic E-state index is 12.1. The number of benzene rings is 1. The smallest absolute Gasteiger partial charge is 0.406 e. The molecule has 4 N–H and O–H groups in total. The van der Waals surface area contributed by atoms with Crippen LogP contribution in [-0.2, 0) is 0 Å². The highest BCUT2D eigenvalue weighted by Crippen LogP contribution is 2.27. The molecule has 106 valence electrons. The average molecular weight is 285 g/mol. The highest BCUT2D eigenvalue weighted by molar-refractivity contribution is 5.90. The molecular weight excluding hydrogens is 275 g/mol. The minimum atomic E-state index is -4.75. The molecule has 0 aliphatic rings. The van der Waals surface area contributed by atoms with Gasteiger partial charge in [0.05, 0.1) is 11.2 Å². The van der Waals surface area contributed by atoms with Gasteiger partial charge >= 0.3 is 6.36 Å². The van der Waals surface area contributed by atoms with E-state index in [4.69, 9.17) is 11.1 Å². The summed E-state index contributed by atoms with van der Waals surface area (Å²) in [6, 6.07) is 3.73. The molecule has 0 bridgehead atoms. The largest absolute Gasteiger partial charge is 0.573 e. The fraction of sp³-hybridized carbons (Fsp3) is 0.182.